The number of carbonyl (C=O) groups is 1. The van der Waals surface area contributed by atoms with Crippen LogP contribution in [0.2, 0.25) is 0 Å². The van der Waals surface area contributed by atoms with Crippen LogP contribution in [0.15, 0.2) is 36.7 Å². The van der Waals surface area contributed by atoms with Gasteiger partial charge < -0.3 is 20.6 Å². The van der Waals surface area contributed by atoms with Gasteiger partial charge in [-0.1, -0.05) is 24.3 Å². The largest absolute Gasteiger partial charge is 0.390 e. The number of aliphatic hydroxyl groups is 1. The Bertz CT molecular complexity index is 899. The molecule has 2 heterocycles. The maximum atomic E-state index is 12.5. The van der Waals surface area contributed by atoms with Crippen molar-refractivity contribution in [2.75, 3.05) is 39.0 Å². The Balaban J connectivity index is 1.22. The van der Waals surface area contributed by atoms with Crippen LogP contribution in [0.5, 0.6) is 0 Å². The summed E-state index contributed by atoms with van der Waals surface area (Å²) in [5, 5.41) is 16.6. The predicted octanol–water partition coefficient (Wildman–Crippen LogP) is 1.13. The standard InChI is InChI=1S/C23H32N6O2/c1-28(2)19-9-18(10-19)27-22-11-21(25-15-26-22)23(31)24-12-20(30)14-29-8-7-16-5-3-4-6-17(16)13-29/h3-6,11,15,18-20,30H,7-10,12-14H2,1-2H3,(H,24,31)(H,25,26,27). The number of aromatic nitrogens is 2. The number of hydrogen-bond acceptors (Lipinski definition) is 7. The molecule has 1 amide bonds. The van der Waals surface area contributed by atoms with Crippen molar-refractivity contribution in [2.45, 2.75) is 44.0 Å². The molecule has 3 N–H and O–H groups in total. The van der Waals surface area contributed by atoms with E-state index in [2.05, 4.69) is 68.8 Å². The Labute approximate surface area is 183 Å². The van der Waals surface area contributed by atoms with E-state index in [9.17, 15) is 9.90 Å². The number of aliphatic hydroxyl groups excluding tert-OH is 1. The maximum Gasteiger partial charge on any atom is 0.270 e. The highest BCUT2D eigenvalue weighted by Gasteiger charge is 2.30. The van der Waals surface area contributed by atoms with Gasteiger partial charge in [0.2, 0.25) is 0 Å². The summed E-state index contributed by atoms with van der Waals surface area (Å²) in [4.78, 5) is 25.3. The van der Waals surface area contributed by atoms with Crippen LogP contribution < -0.4 is 10.6 Å². The molecule has 1 aromatic heterocycles. The van der Waals surface area contributed by atoms with E-state index in [1.807, 2.05) is 0 Å². The number of nitrogens with one attached hydrogen (secondary N) is 2. The van der Waals surface area contributed by atoms with Gasteiger partial charge in [-0.3, -0.25) is 9.69 Å². The number of anilines is 1. The second-order valence-corrected chi connectivity index (χ2v) is 8.84. The van der Waals surface area contributed by atoms with Crippen LogP contribution in [0, 0.1) is 0 Å². The first-order chi connectivity index (χ1) is 15.0. The fourth-order valence-electron chi connectivity index (χ4n) is 4.27. The Kier molecular flexibility index (Phi) is 6.80. The molecule has 8 heteroatoms. The zero-order chi connectivity index (χ0) is 21.8. The van der Waals surface area contributed by atoms with Crippen LogP contribution >= 0.6 is 0 Å². The molecule has 1 saturated carbocycles. The molecule has 0 saturated heterocycles. The van der Waals surface area contributed by atoms with Crippen LogP contribution in [0.1, 0.15) is 34.5 Å². The van der Waals surface area contributed by atoms with E-state index < -0.39 is 6.10 Å². The number of carbonyl (C=O) groups excluding carboxylic acids is 1. The van der Waals surface area contributed by atoms with Crippen molar-refractivity contribution in [3.8, 4) is 0 Å². The molecule has 1 unspecified atom stereocenters. The lowest BCUT2D eigenvalue weighted by Crippen LogP contribution is -2.47. The van der Waals surface area contributed by atoms with Gasteiger partial charge in [-0.05, 0) is 44.5 Å². The summed E-state index contributed by atoms with van der Waals surface area (Å²) in [7, 11) is 4.18. The van der Waals surface area contributed by atoms with E-state index in [4.69, 9.17) is 0 Å². The molecule has 1 fully saturated rings. The number of fused-ring (bicyclic) bond motifs is 1. The molecule has 0 radical (unpaired) electrons. The first-order valence-electron chi connectivity index (χ1n) is 11.0. The molecule has 8 nitrogen and oxygen atoms in total. The molecule has 31 heavy (non-hydrogen) atoms. The minimum atomic E-state index is -0.633. The van der Waals surface area contributed by atoms with Gasteiger partial charge in [0.05, 0.1) is 6.10 Å². The van der Waals surface area contributed by atoms with Gasteiger partial charge in [-0.2, -0.15) is 0 Å². The van der Waals surface area contributed by atoms with Crippen molar-refractivity contribution in [3.05, 3.63) is 53.5 Å². The smallest absolute Gasteiger partial charge is 0.270 e. The third-order valence-electron chi connectivity index (χ3n) is 6.27. The van der Waals surface area contributed by atoms with E-state index in [-0.39, 0.29) is 12.5 Å². The number of amides is 1. The summed E-state index contributed by atoms with van der Waals surface area (Å²) in [5.74, 6) is 0.364. The fraction of sp³-hybridized carbons (Fsp3) is 0.522. The zero-order valence-corrected chi connectivity index (χ0v) is 18.3. The van der Waals surface area contributed by atoms with E-state index in [0.29, 0.717) is 30.1 Å². The highest BCUT2D eigenvalue weighted by molar-refractivity contribution is 5.92. The zero-order valence-electron chi connectivity index (χ0n) is 18.3. The minimum absolute atomic E-state index is 0.191. The number of rotatable bonds is 8. The lowest BCUT2D eigenvalue weighted by atomic mass is 9.86. The van der Waals surface area contributed by atoms with E-state index in [1.54, 1.807) is 6.07 Å². The summed E-state index contributed by atoms with van der Waals surface area (Å²) in [6, 6.07) is 11.1. The van der Waals surface area contributed by atoms with Gasteiger partial charge in [-0.15, -0.1) is 0 Å². The van der Waals surface area contributed by atoms with Gasteiger partial charge in [0, 0.05) is 44.3 Å². The van der Waals surface area contributed by atoms with Gasteiger partial charge in [-0.25, -0.2) is 9.97 Å². The lowest BCUT2D eigenvalue weighted by Gasteiger charge is -2.40. The number of β-amino-alcohol motifs (C(OH)–C–C–N with tert-alkyl or cyclic N) is 1. The van der Waals surface area contributed by atoms with Gasteiger partial charge in [0.25, 0.3) is 5.91 Å². The fourth-order valence-corrected chi connectivity index (χ4v) is 4.27. The molecule has 1 aliphatic heterocycles. The topological polar surface area (TPSA) is 93.6 Å². The third kappa shape index (κ3) is 5.58. The third-order valence-corrected chi connectivity index (χ3v) is 6.27. The van der Waals surface area contributed by atoms with Gasteiger partial charge >= 0.3 is 0 Å². The highest BCUT2D eigenvalue weighted by Crippen LogP contribution is 2.26. The Hall–Kier alpha value is -2.55. The molecule has 1 aromatic carbocycles. The Morgan fingerprint density at radius 2 is 2.03 bits per heavy atom. The lowest BCUT2D eigenvalue weighted by molar-refractivity contribution is 0.0838. The van der Waals surface area contributed by atoms with E-state index >= 15 is 0 Å². The quantitative estimate of drug-likeness (QED) is 0.585. The molecule has 2 aromatic rings. The monoisotopic (exact) mass is 424 g/mol. The number of nitrogens with zero attached hydrogens (tertiary/aromatic N) is 4. The minimum Gasteiger partial charge on any atom is -0.390 e. The van der Waals surface area contributed by atoms with Crippen molar-refractivity contribution in [3.63, 3.8) is 0 Å². The highest BCUT2D eigenvalue weighted by atomic mass is 16.3. The molecule has 1 aliphatic carbocycles. The Morgan fingerprint density at radius 3 is 2.81 bits per heavy atom. The second kappa shape index (κ2) is 9.72. The van der Waals surface area contributed by atoms with Crippen molar-refractivity contribution in [1.29, 1.82) is 0 Å². The van der Waals surface area contributed by atoms with Crippen molar-refractivity contribution in [2.24, 2.45) is 0 Å². The summed E-state index contributed by atoms with van der Waals surface area (Å²) < 4.78 is 0. The van der Waals surface area contributed by atoms with Crippen LogP contribution in [-0.4, -0.2) is 82.7 Å². The van der Waals surface area contributed by atoms with Crippen LogP contribution in [0.25, 0.3) is 0 Å². The van der Waals surface area contributed by atoms with E-state index in [1.165, 1.54) is 17.5 Å². The summed E-state index contributed by atoms with van der Waals surface area (Å²) in [6.07, 6.45) is 3.88. The van der Waals surface area contributed by atoms with Gasteiger partial charge in [0.1, 0.15) is 17.8 Å². The first kappa shape index (κ1) is 21.7. The molecule has 2 aliphatic rings. The average Bonchev–Trinajstić information content (AvgIpc) is 2.74. The molecule has 166 valence electrons. The SMILES string of the molecule is CN(C)C1CC(Nc2cc(C(=O)NCC(O)CN3CCc4ccccc4C3)ncn2)C1. The number of benzene rings is 1. The summed E-state index contributed by atoms with van der Waals surface area (Å²) in [5.41, 5.74) is 3.00. The van der Waals surface area contributed by atoms with Gasteiger partial charge in [0.15, 0.2) is 0 Å². The molecule has 1 atom stereocenters. The normalized spacial score (nSPS) is 21.8. The van der Waals surface area contributed by atoms with Crippen molar-refractivity contribution >= 4 is 11.7 Å². The van der Waals surface area contributed by atoms with Crippen LogP contribution in [0.4, 0.5) is 5.82 Å². The van der Waals surface area contributed by atoms with E-state index in [0.717, 1.165) is 32.4 Å². The maximum absolute atomic E-state index is 12.5. The van der Waals surface area contributed by atoms with Crippen LogP contribution in [-0.2, 0) is 13.0 Å². The second-order valence-electron chi connectivity index (χ2n) is 8.84. The Morgan fingerprint density at radius 1 is 1.26 bits per heavy atom. The first-order valence-corrected chi connectivity index (χ1v) is 11.0. The molecule has 0 bridgehead atoms. The summed E-state index contributed by atoms with van der Waals surface area (Å²) in [6.45, 7) is 2.47. The average molecular weight is 425 g/mol. The number of hydrogen-bond donors (Lipinski definition) is 3. The van der Waals surface area contributed by atoms with Crippen molar-refractivity contribution in [1.82, 2.24) is 25.1 Å². The molecule has 4 rings (SSSR count). The molecular formula is C23H32N6O2. The predicted molar refractivity (Wildman–Crippen MR) is 120 cm³/mol. The van der Waals surface area contributed by atoms with Crippen LogP contribution in [0.3, 0.4) is 0 Å². The van der Waals surface area contributed by atoms with Crippen molar-refractivity contribution < 1.29 is 9.90 Å². The summed E-state index contributed by atoms with van der Waals surface area (Å²) >= 11 is 0. The molecular weight excluding hydrogens is 392 g/mol. The molecule has 0 spiro atoms.